The topological polar surface area (TPSA) is 70.8 Å². The van der Waals surface area contributed by atoms with E-state index in [4.69, 9.17) is 9.84 Å². The van der Waals surface area contributed by atoms with Crippen molar-refractivity contribution in [2.24, 2.45) is 5.92 Å². The van der Waals surface area contributed by atoms with E-state index in [1.54, 1.807) is 6.92 Å². The van der Waals surface area contributed by atoms with Gasteiger partial charge in [-0.1, -0.05) is 80.8 Å². The van der Waals surface area contributed by atoms with Gasteiger partial charge < -0.3 is 14.9 Å². The second-order valence-corrected chi connectivity index (χ2v) is 15.5. The van der Waals surface area contributed by atoms with E-state index in [2.05, 4.69) is 32.1 Å². The first-order chi connectivity index (χ1) is 16.9. The van der Waals surface area contributed by atoms with E-state index < -0.39 is 5.60 Å². The van der Waals surface area contributed by atoms with E-state index in [1.165, 1.54) is 0 Å². The number of rotatable bonds is 10. The highest BCUT2D eigenvalue weighted by atomic mass is 127. The minimum atomic E-state index is -1.05. The number of hydrogen-bond acceptors (Lipinski definition) is 5. The van der Waals surface area contributed by atoms with E-state index >= 15 is 0 Å². The molecule has 0 spiro atoms. The standard InChI is InChI=1S/C27H33I2N3O3/c1-27(34,19-33)22-8-7-14-31(18-22)17-21-12-11-20(16-25(21)35-26(28-2)29-3)24-13-15-32(30-24)23-9-5-4-6-10-23/h4-6,9-13,15-16,22,26,33-34H,2-3,7-8,14,17-19H2,1H3/t22-,27+/m0/s1. The number of likely N-dealkylation sites (tertiary alicyclic amines) is 1. The molecule has 1 aromatic heterocycles. The van der Waals surface area contributed by atoms with Crippen molar-refractivity contribution in [1.82, 2.24) is 14.7 Å². The number of benzene rings is 2. The molecule has 2 heterocycles. The molecule has 0 amide bonds. The van der Waals surface area contributed by atoms with Gasteiger partial charge in [0.05, 0.1) is 23.6 Å². The normalized spacial score (nSPS) is 18.5. The first-order valence-electron chi connectivity index (χ1n) is 11.6. The van der Waals surface area contributed by atoms with Crippen LogP contribution in [0.4, 0.5) is 0 Å². The van der Waals surface area contributed by atoms with Gasteiger partial charge in [-0.25, -0.2) is 4.68 Å². The third-order valence-electron chi connectivity index (χ3n) is 6.53. The van der Waals surface area contributed by atoms with Crippen LogP contribution in [0.1, 0.15) is 25.3 Å². The molecule has 0 radical (unpaired) electrons. The molecule has 2 N–H and O–H groups in total. The summed E-state index contributed by atoms with van der Waals surface area (Å²) in [6, 6.07) is 18.5. The summed E-state index contributed by atoms with van der Waals surface area (Å²) in [4.78, 5) is 2.36. The Kier molecular flexibility index (Phi) is 9.25. The van der Waals surface area contributed by atoms with Gasteiger partial charge in [-0.05, 0) is 50.6 Å². The fraction of sp³-hybridized carbons (Fsp3) is 0.370. The molecule has 1 aliphatic rings. The van der Waals surface area contributed by atoms with E-state index in [-0.39, 0.29) is 56.1 Å². The Hall–Kier alpha value is -1.47. The Morgan fingerprint density at radius 3 is 2.66 bits per heavy atom. The number of hydrogen-bond donors (Lipinski definition) is 2. The third kappa shape index (κ3) is 6.65. The quantitative estimate of drug-likeness (QED) is 0.231. The number of aliphatic hydroxyl groups excluding tert-OH is 1. The van der Waals surface area contributed by atoms with Crippen LogP contribution in [0.15, 0.2) is 60.8 Å². The Balaban J connectivity index is 1.60. The maximum atomic E-state index is 10.6. The molecule has 1 aliphatic heterocycles. The van der Waals surface area contributed by atoms with Crippen molar-refractivity contribution in [2.75, 3.05) is 19.7 Å². The number of piperidine rings is 1. The zero-order valence-corrected chi connectivity index (χ0v) is 24.3. The molecule has 1 fully saturated rings. The van der Waals surface area contributed by atoms with Gasteiger partial charge in [0, 0.05) is 36.3 Å². The lowest BCUT2D eigenvalue weighted by molar-refractivity contribution is -0.0697. The van der Waals surface area contributed by atoms with Gasteiger partial charge in [-0.15, -0.1) is 0 Å². The highest BCUT2D eigenvalue weighted by molar-refractivity contribution is 14.3. The lowest BCUT2D eigenvalue weighted by Gasteiger charge is -2.39. The lowest BCUT2D eigenvalue weighted by atomic mass is 9.83. The van der Waals surface area contributed by atoms with Crippen LogP contribution in [0.5, 0.6) is 5.75 Å². The van der Waals surface area contributed by atoms with Crippen molar-refractivity contribution in [2.45, 2.75) is 34.0 Å². The summed E-state index contributed by atoms with van der Waals surface area (Å²) >= 11 is -0.630. The van der Waals surface area contributed by atoms with Crippen molar-refractivity contribution in [1.29, 1.82) is 0 Å². The summed E-state index contributed by atoms with van der Waals surface area (Å²) < 4.78 is 16.8. The van der Waals surface area contributed by atoms with E-state index in [9.17, 15) is 10.2 Å². The van der Waals surface area contributed by atoms with E-state index in [1.807, 2.05) is 47.3 Å². The molecule has 4 rings (SSSR count). The number of halogens is 2. The summed E-state index contributed by atoms with van der Waals surface area (Å²) in [5, 5.41) is 25.0. The number of para-hydroxylation sites is 1. The Morgan fingerprint density at radius 1 is 1.17 bits per heavy atom. The van der Waals surface area contributed by atoms with Crippen LogP contribution < -0.4 is 4.74 Å². The molecule has 2 atom stereocenters. The fourth-order valence-corrected chi connectivity index (χ4v) is 7.16. The molecular formula is C27H33I2N3O3. The van der Waals surface area contributed by atoms with Crippen LogP contribution in [-0.2, 0) is 6.54 Å². The third-order valence-corrected chi connectivity index (χ3v) is 12.9. The molecule has 188 valence electrons. The van der Waals surface area contributed by atoms with Crippen molar-refractivity contribution >= 4 is 50.5 Å². The van der Waals surface area contributed by atoms with Crippen molar-refractivity contribution in [3.8, 4) is 22.7 Å². The summed E-state index contributed by atoms with van der Waals surface area (Å²) in [7, 11) is 0. The van der Waals surface area contributed by atoms with Crippen LogP contribution >= 0.6 is 41.5 Å². The maximum Gasteiger partial charge on any atom is 0.188 e. The highest BCUT2D eigenvalue weighted by Gasteiger charge is 2.34. The zero-order valence-electron chi connectivity index (χ0n) is 20.0. The van der Waals surface area contributed by atoms with Crippen molar-refractivity contribution < 1.29 is 14.9 Å². The molecule has 0 aliphatic carbocycles. The van der Waals surface area contributed by atoms with Gasteiger partial charge in [-0.2, -0.15) is 5.10 Å². The molecule has 0 saturated carbocycles. The summed E-state index contributed by atoms with van der Waals surface area (Å²) in [6.45, 7) is 3.98. The molecule has 0 unspecified atom stereocenters. The van der Waals surface area contributed by atoms with Crippen LogP contribution in [0.2, 0.25) is 0 Å². The van der Waals surface area contributed by atoms with Gasteiger partial charge in [-0.3, -0.25) is 4.90 Å². The minimum Gasteiger partial charge on any atom is -0.471 e. The summed E-state index contributed by atoms with van der Waals surface area (Å²) in [5.74, 6) is 0.931. The molecule has 0 bridgehead atoms. The predicted molar refractivity (Wildman–Crippen MR) is 161 cm³/mol. The molecule has 2 aromatic carbocycles. The smallest absolute Gasteiger partial charge is 0.188 e. The summed E-state index contributed by atoms with van der Waals surface area (Å²) in [5.41, 5.74) is 3.00. The number of alkyl halides is 2. The van der Waals surface area contributed by atoms with Crippen LogP contribution in [-0.4, -0.2) is 61.3 Å². The van der Waals surface area contributed by atoms with E-state index in [0.29, 0.717) is 0 Å². The highest BCUT2D eigenvalue weighted by Crippen LogP contribution is 2.34. The SMILES string of the molecule is C=IC(Oc1cc(-c2ccn(-c3ccccc3)n2)ccc1CN1CCC[C@H]([C@](C)(O)CO)C1)I=C. The van der Waals surface area contributed by atoms with Crippen LogP contribution in [0, 0.1) is 5.92 Å². The minimum absolute atomic E-state index is 0.0519. The first kappa shape index (κ1) is 26.6. The molecular weight excluding hydrogens is 668 g/mol. The van der Waals surface area contributed by atoms with Crippen LogP contribution in [0.25, 0.3) is 16.9 Å². The first-order valence-corrected chi connectivity index (χ1v) is 17.2. The van der Waals surface area contributed by atoms with Gasteiger partial charge in [0.15, 0.2) is 2.12 Å². The molecule has 6 nitrogen and oxygen atoms in total. The number of ether oxygens (including phenoxy) is 1. The number of aromatic nitrogens is 2. The Morgan fingerprint density at radius 2 is 1.94 bits per heavy atom. The Bertz CT molecular complexity index is 1140. The van der Waals surface area contributed by atoms with Crippen molar-refractivity contribution in [3.05, 3.63) is 66.4 Å². The number of aliphatic hydroxyl groups is 2. The van der Waals surface area contributed by atoms with Crippen LogP contribution in [0.3, 0.4) is 0 Å². The molecule has 35 heavy (non-hydrogen) atoms. The van der Waals surface area contributed by atoms with Gasteiger partial charge >= 0.3 is 0 Å². The molecule has 1 saturated heterocycles. The van der Waals surface area contributed by atoms with Gasteiger partial charge in [0.1, 0.15) is 5.75 Å². The predicted octanol–water partition coefficient (Wildman–Crippen LogP) is 4.96. The Labute approximate surface area is 227 Å². The average Bonchev–Trinajstić information content (AvgIpc) is 3.39. The van der Waals surface area contributed by atoms with Gasteiger partial charge in [0.25, 0.3) is 0 Å². The zero-order chi connectivity index (χ0) is 24.8. The summed E-state index contributed by atoms with van der Waals surface area (Å²) in [6.07, 6.45) is 3.91. The number of nitrogens with zero attached hydrogens (tertiary/aromatic N) is 3. The monoisotopic (exact) mass is 701 g/mol. The van der Waals surface area contributed by atoms with E-state index in [0.717, 1.165) is 60.7 Å². The van der Waals surface area contributed by atoms with Crippen molar-refractivity contribution in [3.63, 3.8) is 0 Å². The largest absolute Gasteiger partial charge is 0.471 e. The fourth-order valence-electron chi connectivity index (χ4n) is 4.43. The average molecular weight is 701 g/mol. The second-order valence-electron chi connectivity index (χ2n) is 9.08. The molecule has 3 aromatic rings. The molecule has 8 heteroatoms. The second kappa shape index (κ2) is 12.2. The lowest BCUT2D eigenvalue weighted by Crippen LogP contribution is -2.47. The maximum absolute atomic E-state index is 10.6. The van der Waals surface area contributed by atoms with Gasteiger partial charge in [0.2, 0.25) is 0 Å².